The predicted molar refractivity (Wildman–Crippen MR) is 116 cm³/mol. The number of aromatic nitrogens is 1. The molecule has 160 valence electrons. The van der Waals surface area contributed by atoms with Crippen molar-refractivity contribution in [1.29, 1.82) is 0 Å². The van der Waals surface area contributed by atoms with Gasteiger partial charge in [0.05, 0.1) is 13.7 Å². The van der Waals surface area contributed by atoms with E-state index in [0.717, 1.165) is 11.3 Å². The van der Waals surface area contributed by atoms with Crippen molar-refractivity contribution in [2.24, 2.45) is 4.99 Å². The first-order valence-corrected chi connectivity index (χ1v) is 8.70. The van der Waals surface area contributed by atoms with Crippen LogP contribution >= 0.6 is 24.0 Å². The summed E-state index contributed by atoms with van der Waals surface area (Å²) < 4.78 is 47.3. The molecule has 0 aliphatic heterocycles. The first-order valence-electron chi connectivity index (χ1n) is 8.70. The Hall–Kier alpha value is -2.24. The van der Waals surface area contributed by atoms with E-state index in [1.807, 2.05) is 31.2 Å². The minimum Gasteiger partial charge on any atom is -0.496 e. The molecule has 0 saturated heterocycles. The zero-order chi connectivity index (χ0) is 20.4. The molecule has 1 heterocycles. The molecular formula is C19H24F3IN4O2. The number of alkyl halides is 3. The molecule has 1 aromatic heterocycles. The van der Waals surface area contributed by atoms with E-state index in [-0.39, 0.29) is 36.4 Å². The van der Waals surface area contributed by atoms with Crippen molar-refractivity contribution in [3.63, 3.8) is 0 Å². The van der Waals surface area contributed by atoms with Crippen molar-refractivity contribution < 1.29 is 22.6 Å². The number of hydrogen-bond acceptors (Lipinski definition) is 4. The first-order chi connectivity index (χ1) is 13.4. The number of guanidine groups is 1. The zero-order valence-corrected chi connectivity index (χ0v) is 18.5. The Balaban J connectivity index is 0.00000420. The van der Waals surface area contributed by atoms with Crippen LogP contribution in [0.3, 0.4) is 0 Å². The highest BCUT2D eigenvalue weighted by atomic mass is 127. The van der Waals surface area contributed by atoms with Crippen LogP contribution in [0, 0.1) is 0 Å². The summed E-state index contributed by atoms with van der Waals surface area (Å²) in [6, 6.07) is 10.8. The van der Waals surface area contributed by atoms with Crippen LogP contribution in [0.2, 0.25) is 0 Å². The standard InChI is InChI=1S/C19H23F3N4O2.HI/c1-3-23-18(25-11-14-7-4-5-9-16(14)27-2)26-12-15-8-6-10-24-17(15)28-13-19(20,21)22;/h4-10H,3,11-13H2,1-2H3,(H2,23,25,26);1H. The fourth-order valence-electron chi connectivity index (χ4n) is 2.36. The van der Waals surface area contributed by atoms with Gasteiger partial charge in [0.25, 0.3) is 0 Å². The van der Waals surface area contributed by atoms with Crippen LogP contribution in [0.1, 0.15) is 18.1 Å². The van der Waals surface area contributed by atoms with Gasteiger partial charge in [-0.3, -0.25) is 0 Å². The molecule has 29 heavy (non-hydrogen) atoms. The average molecular weight is 524 g/mol. The molecule has 6 nitrogen and oxygen atoms in total. The summed E-state index contributed by atoms with van der Waals surface area (Å²) >= 11 is 0. The Morgan fingerprint density at radius 1 is 1.10 bits per heavy atom. The second kappa shape index (κ2) is 12.3. The van der Waals surface area contributed by atoms with Gasteiger partial charge >= 0.3 is 6.18 Å². The Bertz CT molecular complexity index is 788. The quantitative estimate of drug-likeness (QED) is 0.312. The minimum absolute atomic E-state index is 0. The van der Waals surface area contributed by atoms with Gasteiger partial charge in [0.1, 0.15) is 5.75 Å². The van der Waals surface area contributed by atoms with Gasteiger partial charge in [-0.05, 0) is 19.1 Å². The van der Waals surface area contributed by atoms with Gasteiger partial charge in [-0.25, -0.2) is 9.98 Å². The molecule has 0 bridgehead atoms. The fraction of sp³-hybridized carbons (Fsp3) is 0.368. The third-order valence-corrected chi connectivity index (χ3v) is 3.61. The van der Waals surface area contributed by atoms with Crippen LogP contribution < -0.4 is 20.1 Å². The number of benzene rings is 1. The zero-order valence-electron chi connectivity index (χ0n) is 16.1. The number of halogens is 4. The van der Waals surface area contributed by atoms with Gasteiger partial charge in [0.2, 0.25) is 5.88 Å². The minimum atomic E-state index is -4.43. The Morgan fingerprint density at radius 2 is 1.83 bits per heavy atom. The highest BCUT2D eigenvalue weighted by molar-refractivity contribution is 14.0. The monoisotopic (exact) mass is 524 g/mol. The molecule has 0 radical (unpaired) electrons. The van der Waals surface area contributed by atoms with Gasteiger partial charge in [0.15, 0.2) is 12.6 Å². The molecule has 1 aromatic carbocycles. The summed E-state index contributed by atoms with van der Waals surface area (Å²) in [5.41, 5.74) is 1.41. The lowest BCUT2D eigenvalue weighted by Gasteiger charge is -2.14. The van der Waals surface area contributed by atoms with Gasteiger partial charge < -0.3 is 20.1 Å². The lowest BCUT2D eigenvalue weighted by Crippen LogP contribution is -2.36. The van der Waals surface area contributed by atoms with E-state index in [4.69, 9.17) is 9.47 Å². The van der Waals surface area contributed by atoms with Crippen molar-refractivity contribution in [3.05, 3.63) is 53.7 Å². The number of nitrogens with one attached hydrogen (secondary N) is 2. The van der Waals surface area contributed by atoms with Crippen molar-refractivity contribution in [2.45, 2.75) is 26.2 Å². The van der Waals surface area contributed by atoms with E-state index in [9.17, 15) is 13.2 Å². The Kier molecular flexibility index (Phi) is 10.6. The average Bonchev–Trinajstić information content (AvgIpc) is 2.68. The summed E-state index contributed by atoms with van der Waals surface area (Å²) in [4.78, 5) is 8.28. The van der Waals surface area contributed by atoms with Crippen molar-refractivity contribution in [1.82, 2.24) is 15.6 Å². The largest absolute Gasteiger partial charge is 0.496 e. The Labute approximate surface area is 184 Å². The Morgan fingerprint density at radius 3 is 2.52 bits per heavy atom. The number of para-hydroxylation sites is 1. The fourth-order valence-corrected chi connectivity index (χ4v) is 2.36. The maximum atomic E-state index is 12.4. The molecule has 0 unspecified atom stereocenters. The second-order valence-corrected chi connectivity index (χ2v) is 5.73. The van der Waals surface area contributed by atoms with Crippen molar-refractivity contribution in [3.8, 4) is 11.6 Å². The molecule has 10 heteroatoms. The number of hydrogen-bond donors (Lipinski definition) is 2. The van der Waals surface area contributed by atoms with E-state index in [1.54, 1.807) is 19.2 Å². The van der Waals surface area contributed by atoms with Gasteiger partial charge in [-0.2, -0.15) is 13.2 Å². The molecule has 2 aromatic rings. The predicted octanol–water partition coefficient (Wildman–Crippen LogP) is 3.90. The van der Waals surface area contributed by atoms with Crippen LogP contribution in [0.4, 0.5) is 13.2 Å². The van der Waals surface area contributed by atoms with Crippen LogP contribution in [0.15, 0.2) is 47.6 Å². The first kappa shape index (κ1) is 24.8. The molecule has 0 aliphatic carbocycles. The summed E-state index contributed by atoms with van der Waals surface area (Å²) in [5, 5.41) is 6.27. The summed E-state index contributed by atoms with van der Waals surface area (Å²) in [5.74, 6) is 1.18. The maximum Gasteiger partial charge on any atom is 0.422 e. The number of nitrogens with zero attached hydrogens (tertiary/aromatic N) is 2. The van der Waals surface area contributed by atoms with Gasteiger partial charge in [-0.1, -0.05) is 24.3 Å². The van der Waals surface area contributed by atoms with Crippen molar-refractivity contribution in [2.75, 3.05) is 20.3 Å². The molecule has 0 atom stereocenters. The number of aliphatic imine (C=N–C) groups is 1. The molecule has 0 spiro atoms. The van der Waals surface area contributed by atoms with Gasteiger partial charge in [-0.15, -0.1) is 24.0 Å². The lowest BCUT2D eigenvalue weighted by molar-refractivity contribution is -0.154. The van der Waals surface area contributed by atoms with Crippen LogP contribution in [0.25, 0.3) is 0 Å². The maximum absolute atomic E-state index is 12.4. The van der Waals surface area contributed by atoms with Crippen LogP contribution in [-0.2, 0) is 13.1 Å². The molecule has 0 aliphatic rings. The van der Waals surface area contributed by atoms with Crippen LogP contribution in [0.5, 0.6) is 11.6 Å². The molecule has 0 saturated carbocycles. The summed E-state index contributed by atoms with van der Waals surface area (Å²) in [6.07, 6.45) is -3.05. The van der Waals surface area contributed by atoms with E-state index in [0.29, 0.717) is 24.6 Å². The third-order valence-electron chi connectivity index (χ3n) is 3.61. The van der Waals surface area contributed by atoms with E-state index < -0.39 is 12.8 Å². The normalized spacial score (nSPS) is 11.4. The SMILES string of the molecule is CCNC(=NCc1cccnc1OCC(F)(F)F)NCc1ccccc1OC.I. The third kappa shape index (κ3) is 8.75. The number of ether oxygens (including phenoxy) is 2. The lowest BCUT2D eigenvalue weighted by atomic mass is 10.2. The van der Waals surface area contributed by atoms with Gasteiger partial charge in [0, 0.05) is 30.4 Å². The molecule has 2 N–H and O–H groups in total. The highest BCUT2D eigenvalue weighted by Gasteiger charge is 2.29. The van der Waals surface area contributed by atoms with E-state index >= 15 is 0 Å². The molecule has 0 fully saturated rings. The van der Waals surface area contributed by atoms with E-state index in [1.165, 1.54) is 6.20 Å². The topological polar surface area (TPSA) is 67.8 Å². The number of rotatable bonds is 8. The van der Waals surface area contributed by atoms with E-state index in [2.05, 4.69) is 20.6 Å². The highest BCUT2D eigenvalue weighted by Crippen LogP contribution is 2.20. The number of pyridine rings is 1. The smallest absolute Gasteiger partial charge is 0.422 e. The summed E-state index contributed by atoms with van der Waals surface area (Å²) in [7, 11) is 1.60. The van der Waals surface area contributed by atoms with Crippen molar-refractivity contribution >= 4 is 29.9 Å². The molecule has 2 rings (SSSR count). The molecule has 0 amide bonds. The second-order valence-electron chi connectivity index (χ2n) is 5.73. The van der Waals surface area contributed by atoms with Crippen LogP contribution in [-0.4, -0.2) is 37.4 Å². The summed E-state index contributed by atoms with van der Waals surface area (Å²) in [6.45, 7) is 1.74. The molecular weight excluding hydrogens is 500 g/mol. The number of methoxy groups -OCH3 is 1.